The molecule has 0 unspecified atom stereocenters. The third-order valence-electron chi connectivity index (χ3n) is 6.71. The van der Waals surface area contributed by atoms with Crippen molar-refractivity contribution in [1.82, 2.24) is 0 Å². The van der Waals surface area contributed by atoms with Crippen LogP contribution >= 0.6 is 0 Å². The summed E-state index contributed by atoms with van der Waals surface area (Å²) in [6.07, 6.45) is 5.59. The minimum Gasteiger partial charge on any atom is -0.545 e. The summed E-state index contributed by atoms with van der Waals surface area (Å²) in [6, 6.07) is 10.5. The second-order valence-corrected chi connectivity index (χ2v) is 8.52. The number of benzene rings is 1. The van der Waals surface area contributed by atoms with E-state index in [-0.39, 0.29) is 40.9 Å². The first kappa shape index (κ1) is 21.5. The Morgan fingerprint density at radius 2 is 1.81 bits per heavy atom. The maximum Gasteiger partial charge on any atom is 1.00 e. The van der Waals surface area contributed by atoms with Crippen LogP contribution in [0.4, 0.5) is 0 Å². The molecule has 0 spiro atoms. The van der Waals surface area contributed by atoms with Gasteiger partial charge in [0.1, 0.15) is 0 Å². The van der Waals surface area contributed by atoms with E-state index in [0.717, 1.165) is 0 Å². The summed E-state index contributed by atoms with van der Waals surface area (Å²) in [4.78, 5) is 11.5. The van der Waals surface area contributed by atoms with Gasteiger partial charge in [-0.2, -0.15) is 0 Å². The van der Waals surface area contributed by atoms with E-state index in [1.165, 1.54) is 17.6 Å². The first-order valence-electron chi connectivity index (χ1n) is 9.39. The monoisotopic (exact) mass is 360 g/mol. The normalized spacial score (nSPS) is 36.7. The van der Waals surface area contributed by atoms with Crippen molar-refractivity contribution >= 4 is 5.97 Å². The van der Waals surface area contributed by atoms with Gasteiger partial charge in [-0.05, 0) is 60.5 Å². The van der Waals surface area contributed by atoms with E-state index in [4.69, 9.17) is 0 Å². The van der Waals surface area contributed by atoms with E-state index in [1.54, 1.807) is 6.92 Å². The molecule has 0 aromatic heterocycles. The third kappa shape index (κ3) is 3.61. The smallest absolute Gasteiger partial charge is 0.545 e. The Morgan fingerprint density at radius 1 is 1.19 bits per heavy atom. The molecular weight excluding hydrogens is 331 g/mol. The number of aliphatic carboxylic acids is 1. The number of rotatable bonds is 3. The number of carboxylic acids is 1. The molecule has 0 radical (unpaired) electrons. The van der Waals surface area contributed by atoms with Crippen molar-refractivity contribution in [3.63, 3.8) is 0 Å². The van der Waals surface area contributed by atoms with Gasteiger partial charge in [0.25, 0.3) is 0 Å². The summed E-state index contributed by atoms with van der Waals surface area (Å²) in [6.45, 7) is 10.9. The fraction of sp³-hybridized carbons (Fsp3) is 0.522. The third-order valence-corrected chi connectivity index (χ3v) is 6.71. The number of hydrogen-bond acceptors (Lipinski definition) is 2. The van der Waals surface area contributed by atoms with E-state index in [2.05, 4.69) is 58.0 Å². The summed E-state index contributed by atoms with van der Waals surface area (Å²) in [7, 11) is 0. The summed E-state index contributed by atoms with van der Waals surface area (Å²) in [5, 5.41) is 11.5. The molecule has 0 N–H and O–H groups in total. The van der Waals surface area contributed by atoms with Crippen LogP contribution in [0, 0.1) is 29.1 Å². The number of hydrogen-bond donors (Lipinski definition) is 0. The molecule has 0 bridgehead atoms. The van der Waals surface area contributed by atoms with Gasteiger partial charge in [-0.1, -0.05) is 68.8 Å². The largest absolute Gasteiger partial charge is 1.00 e. The molecule has 0 aliphatic heterocycles. The molecule has 2 aliphatic carbocycles. The summed E-state index contributed by atoms with van der Waals surface area (Å²) in [5.41, 5.74) is 2.85. The Kier molecular flexibility index (Phi) is 6.64. The van der Waals surface area contributed by atoms with Crippen molar-refractivity contribution < 1.29 is 39.5 Å². The fourth-order valence-electron chi connectivity index (χ4n) is 5.91. The van der Waals surface area contributed by atoms with Crippen LogP contribution in [0.25, 0.3) is 0 Å². The zero-order chi connectivity index (χ0) is 18.4. The van der Waals surface area contributed by atoms with Crippen molar-refractivity contribution in [2.45, 2.75) is 47.0 Å². The van der Waals surface area contributed by atoms with Crippen molar-refractivity contribution in [3.05, 3.63) is 59.2 Å². The first-order valence-corrected chi connectivity index (χ1v) is 9.39. The number of carbonyl (C=O) groups excluding carboxylic acids is 1. The van der Waals surface area contributed by atoms with Crippen LogP contribution in [0.3, 0.4) is 0 Å². The maximum absolute atomic E-state index is 11.5. The second-order valence-electron chi connectivity index (χ2n) is 8.52. The van der Waals surface area contributed by atoms with Crippen LogP contribution < -0.4 is 34.7 Å². The second kappa shape index (κ2) is 8.04. The Hall–Kier alpha value is -0.830. The molecule has 1 aromatic carbocycles. The molecule has 0 amide bonds. The Bertz CT molecular complexity index is 721. The van der Waals surface area contributed by atoms with Gasteiger partial charge in [-0.25, -0.2) is 0 Å². The van der Waals surface area contributed by atoms with Gasteiger partial charge in [0.2, 0.25) is 0 Å². The molecule has 1 saturated carbocycles. The number of allylic oxidation sites excluding steroid dienone is 3. The van der Waals surface area contributed by atoms with Crippen LogP contribution in [0.15, 0.2) is 53.6 Å². The minimum absolute atomic E-state index is 0. The number of carboxylic acid groups (broad SMARTS) is 1. The zero-order valence-corrected chi connectivity index (χ0v) is 19.0. The van der Waals surface area contributed by atoms with Crippen LogP contribution in [-0.2, 0) is 4.79 Å². The van der Waals surface area contributed by atoms with Crippen molar-refractivity contribution in [3.8, 4) is 0 Å². The predicted octanol–water partition coefficient (Wildman–Crippen LogP) is 1.34. The van der Waals surface area contributed by atoms with E-state index < -0.39 is 5.97 Å². The molecular formula is C23H29NaO2. The van der Waals surface area contributed by atoms with E-state index in [0.29, 0.717) is 29.2 Å². The molecule has 6 atom stereocenters. The molecule has 3 heteroatoms. The average Bonchev–Trinajstić information content (AvgIpc) is 2.87. The van der Waals surface area contributed by atoms with Gasteiger partial charge in [-0.15, -0.1) is 0 Å². The molecule has 26 heavy (non-hydrogen) atoms. The van der Waals surface area contributed by atoms with Crippen LogP contribution in [0.1, 0.15) is 52.5 Å². The number of carbonyl (C=O) groups is 1. The maximum atomic E-state index is 11.5. The van der Waals surface area contributed by atoms with Crippen molar-refractivity contribution in [2.75, 3.05) is 0 Å². The predicted molar refractivity (Wildman–Crippen MR) is 99.7 cm³/mol. The summed E-state index contributed by atoms with van der Waals surface area (Å²) >= 11 is 0. The average molecular weight is 360 g/mol. The van der Waals surface area contributed by atoms with Crippen LogP contribution in [0.5, 0.6) is 0 Å². The molecule has 1 fully saturated rings. The first-order chi connectivity index (χ1) is 11.8. The van der Waals surface area contributed by atoms with Gasteiger partial charge < -0.3 is 9.90 Å². The van der Waals surface area contributed by atoms with Gasteiger partial charge >= 0.3 is 29.6 Å². The van der Waals surface area contributed by atoms with Gasteiger partial charge in [-0.3, -0.25) is 0 Å². The standard InChI is InChI=1S/C23H30O2.Na/c1-14-11-16(3)21-20(14)15(2)12-19(18-9-7-6-8-10-18)23(21,5)13-17(4)22(24)25;/h6-10,12-14,16,19-21H,11H2,1-5H3,(H,24,25);/q;+1/p-1/b17-13+;/t14-,16-,19+,20+,21-,23-;/m0./s1. The number of fused-ring (bicyclic) bond motifs is 1. The minimum atomic E-state index is -1.06. The molecule has 0 heterocycles. The van der Waals surface area contributed by atoms with Crippen LogP contribution in [-0.4, -0.2) is 5.97 Å². The summed E-state index contributed by atoms with van der Waals surface area (Å²) < 4.78 is 0. The summed E-state index contributed by atoms with van der Waals surface area (Å²) in [5.74, 6) is 1.33. The molecule has 0 saturated heterocycles. The Morgan fingerprint density at radius 3 is 2.38 bits per heavy atom. The van der Waals surface area contributed by atoms with E-state index in [9.17, 15) is 9.90 Å². The molecule has 1 aromatic rings. The molecule has 2 aliphatic rings. The Balaban J connectivity index is 0.00000243. The van der Waals surface area contributed by atoms with Crippen LogP contribution in [0.2, 0.25) is 0 Å². The molecule has 3 rings (SSSR count). The quantitative estimate of drug-likeness (QED) is 0.464. The van der Waals surface area contributed by atoms with Crippen molar-refractivity contribution in [2.24, 2.45) is 29.1 Å². The van der Waals surface area contributed by atoms with E-state index >= 15 is 0 Å². The topological polar surface area (TPSA) is 40.1 Å². The zero-order valence-electron chi connectivity index (χ0n) is 17.0. The van der Waals surface area contributed by atoms with E-state index in [1.807, 2.05) is 12.1 Å². The Labute approximate surface area is 180 Å². The van der Waals surface area contributed by atoms with Crippen molar-refractivity contribution in [1.29, 1.82) is 0 Å². The van der Waals surface area contributed by atoms with Gasteiger partial charge in [0.05, 0.1) is 5.97 Å². The SMILES string of the molecule is CC1=C[C@H](c2ccccc2)[C@](C)(/C=C(\C)C(=O)[O-])[C@@H]2[C@@H]1[C@@H](C)C[C@@H]2C.[Na+]. The van der Waals surface area contributed by atoms with Gasteiger partial charge in [0, 0.05) is 5.92 Å². The van der Waals surface area contributed by atoms with Gasteiger partial charge in [0.15, 0.2) is 0 Å². The molecule has 134 valence electrons. The fourth-order valence-corrected chi connectivity index (χ4v) is 5.91. The molecule has 2 nitrogen and oxygen atoms in total.